The van der Waals surface area contributed by atoms with Gasteiger partial charge in [-0.05, 0) is 82.6 Å². The lowest BCUT2D eigenvalue weighted by Gasteiger charge is -2.40. The third-order valence-electron chi connectivity index (χ3n) is 10.2. The van der Waals surface area contributed by atoms with Crippen molar-refractivity contribution >= 4 is 17.9 Å². The van der Waals surface area contributed by atoms with Gasteiger partial charge in [0.25, 0.3) is 0 Å². The quantitative estimate of drug-likeness (QED) is 0.368. The largest absolute Gasteiger partial charge is 0.444 e. The van der Waals surface area contributed by atoms with Crippen molar-refractivity contribution in [1.29, 1.82) is 0 Å². The first kappa shape index (κ1) is 36.8. The van der Waals surface area contributed by atoms with E-state index in [4.69, 9.17) is 4.74 Å². The first-order chi connectivity index (χ1) is 23.2. The second-order valence-electron chi connectivity index (χ2n) is 15.7. The number of piperazine rings is 2. The zero-order valence-electron chi connectivity index (χ0n) is 30.7. The maximum Gasteiger partial charge on any atom is 0.410 e. The molecule has 0 unspecified atom stereocenters. The van der Waals surface area contributed by atoms with Gasteiger partial charge in [0.15, 0.2) is 0 Å². The minimum absolute atomic E-state index is 0.0262. The molecular weight excluding hydrogens is 616 g/mol. The molecule has 2 aliphatic carbocycles. The smallest absolute Gasteiger partial charge is 0.410 e. The van der Waals surface area contributed by atoms with Crippen LogP contribution in [-0.4, -0.2) is 89.6 Å². The number of carbonyl (C=O) groups excluding carboxylic acids is 3. The van der Waals surface area contributed by atoms with Crippen molar-refractivity contribution in [3.05, 3.63) is 70.8 Å². The third kappa shape index (κ3) is 10.0. The molecule has 2 saturated heterocycles. The fourth-order valence-electron chi connectivity index (χ4n) is 7.06. The van der Waals surface area contributed by atoms with E-state index in [1.54, 1.807) is 18.7 Å². The van der Waals surface area contributed by atoms with Crippen molar-refractivity contribution in [2.24, 2.45) is 0 Å². The van der Waals surface area contributed by atoms with Gasteiger partial charge in [-0.25, -0.2) is 4.79 Å². The van der Waals surface area contributed by atoms with E-state index in [2.05, 4.69) is 88.1 Å². The lowest BCUT2D eigenvalue weighted by atomic mass is 10.0. The molecule has 2 atom stereocenters. The molecule has 2 heterocycles. The van der Waals surface area contributed by atoms with Gasteiger partial charge in [-0.2, -0.15) is 0 Å². The Labute approximate surface area is 293 Å². The molecule has 0 bridgehead atoms. The molecular formula is C39H58N6O4. The molecule has 3 N–H and O–H groups in total. The Morgan fingerprint density at radius 3 is 1.61 bits per heavy atom. The van der Waals surface area contributed by atoms with E-state index in [9.17, 15) is 14.4 Å². The van der Waals surface area contributed by atoms with Crippen LogP contribution in [0.15, 0.2) is 48.5 Å². The van der Waals surface area contributed by atoms with E-state index in [1.165, 1.54) is 22.3 Å². The zero-order chi connectivity index (χ0) is 35.4. The van der Waals surface area contributed by atoms with Crippen LogP contribution in [-0.2, 0) is 38.5 Å². The summed E-state index contributed by atoms with van der Waals surface area (Å²) in [5, 5.41) is 9.61. The van der Waals surface area contributed by atoms with E-state index in [0.29, 0.717) is 19.1 Å². The van der Waals surface area contributed by atoms with Gasteiger partial charge in [0.05, 0.1) is 11.1 Å². The Balaban J connectivity index is 0.000000199. The number of benzene rings is 2. The summed E-state index contributed by atoms with van der Waals surface area (Å²) in [6.07, 6.45) is 3.91. The minimum atomic E-state index is -0.463. The molecule has 3 amide bonds. The molecule has 49 heavy (non-hydrogen) atoms. The Morgan fingerprint density at radius 2 is 1.22 bits per heavy atom. The number of nitrogens with zero attached hydrogens (tertiary/aromatic N) is 3. The number of amides is 3. The second kappa shape index (κ2) is 15.2. The molecule has 0 aromatic heterocycles. The van der Waals surface area contributed by atoms with Crippen LogP contribution < -0.4 is 16.0 Å². The molecule has 10 heteroatoms. The van der Waals surface area contributed by atoms with Crippen LogP contribution in [0.3, 0.4) is 0 Å². The lowest BCUT2D eigenvalue weighted by Crippen LogP contribution is -2.54. The van der Waals surface area contributed by atoms with Gasteiger partial charge >= 0.3 is 6.09 Å². The highest BCUT2D eigenvalue weighted by Crippen LogP contribution is 2.46. The van der Waals surface area contributed by atoms with Gasteiger partial charge in [0.2, 0.25) is 11.8 Å². The van der Waals surface area contributed by atoms with Crippen molar-refractivity contribution in [2.75, 3.05) is 39.3 Å². The van der Waals surface area contributed by atoms with E-state index in [-0.39, 0.29) is 35.0 Å². The summed E-state index contributed by atoms with van der Waals surface area (Å²) >= 11 is 0. The van der Waals surface area contributed by atoms with Gasteiger partial charge in [-0.3, -0.25) is 19.4 Å². The van der Waals surface area contributed by atoms with Gasteiger partial charge in [-0.1, -0.05) is 48.5 Å². The predicted molar refractivity (Wildman–Crippen MR) is 193 cm³/mol. The summed E-state index contributed by atoms with van der Waals surface area (Å²) in [7, 11) is 0. The first-order valence-electron chi connectivity index (χ1n) is 18.1. The molecule has 0 radical (unpaired) electrons. The number of ether oxygens (including phenoxy) is 1. The van der Waals surface area contributed by atoms with E-state index in [0.717, 1.165) is 65.0 Å². The average molecular weight is 675 g/mol. The fourth-order valence-corrected chi connectivity index (χ4v) is 7.06. The highest BCUT2D eigenvalue weighted by Gasteiger charge is 2.45. The standard InChI is InChI=1S/C22H33N3O3.C17H25N3O/c1-16-14-25(20(27)28-21(3,4)5)13-12-24(16)15-18-6-8-19(9-7-18)22(10-11-22)23-17(2)26;1-13-11-18-9-10-20(13)12-15-3-5-16(6-4-15)17(7-8-17)19-14(2)21/h6-9,16H,10-15H2,1-5H3,(H,23,26);3-6,13,18H,7-12H2,1-2H3,(H,19,21)/t16-;13-/m11/s1. The molecule has 2 saturated carbocycles. The summed E-state index contributed by atoms with van der Waals surface area (Å²) in [5.41, 5.74) is 4.36. The van der Waals surface area contributed by atoms with Gasteiger partial charge in [0, 0.05) is 78.3 Å². The lowest BCUT2D eigenvalue weighted by molar-refractivity contribution is -0.120. The maximum absolute atomic E-state index is 12.3. The Kier molecular flexibility index (Phi) is 11.4. The first-order valence-corrected chi connectivity index (χ1v) is 18.1. The normalized spacial score (nSPS) is 23.0. The molecule has 4 fully saturated rings. The molecule has 4 aliphatic rings. The van der Waals surface area contributed by atoms with Crippen molar-refractivity contribution in [3.63, 3.8) is 0 Å². The monoisotopic (exact) mass is 674 g/mol. The molecule has 2 aliphatic heterocycles. The second-order valence-corrected chi connectivity index (χ2v) is 15.7. The summed E-state index contributed by atoms with van der Waals surface area (Å²) in [4.78, 5) is 41.8. The molecule has 268 valence electrons. The fraction of sp³-hybridized carbons (Fsp3) is 0.615. The Bertz CT molecular complexity index is 1450. The topological polar surface area (TPSA) is 106 Å². The van der Waals surface area contributed by atoms with Crippen molar-refractivity contribution in [1.82, 2.24) is 30.7 Å². The van der Waals surface area contributed by atoms with Crippen LogP contribution in [0.5, 0.6) is 0 Å². The van der Waals surface area contributed by atoms with Crippen LogP contribution in [0.1, 0.15) is 96.4 Å². The molecule has 0 spiro atoms. The van der Waals surface area contributed by atoms with E-state index < -0.39 is 5.60 Å². The molecule has 2 aromatic carbocycles. The Hall–Kier alpha value is -3.47. The number of carbonyl (C=O) groups is 3. The van der Waals surface area contributed by atoms with Crippen LogP contribution in [0, 0.1) is 0 Å². The van der Waals surface area contributed by atoms with Gasteiger partial charge in [0.1, 0.15) is 5.60 Å². The predicted octanol–water partition coefficient (Wildman–Crippen LogP) is 4.86. The zero-order valence-corrected chi connectivity index (χ0v) is 30.7. The van der Waals surface area contributed by atoms with Crippen molar-refractivity contribution in [3.8, 4) is 0 Å². The van der Waals surface area contributed by atoms with Gasteiger partial charge < -0.3 is 25.6 Å². The molecule has 10 nitrogen and oxygen atoms in total. The Morgan fingerprint density at radius 1 is 0.755 bits per heavy atom. The summed E-state index contributed by atoms with van der Waals surface area (Å²) in [6, 6.07) is 18.3. The van der Waals surface area contributed by atoms with Crippen LogP contribution in [0.2, 0.25) is 0 Å². The van der Waals surface area contributed by atoms with Gasteiger partial charge in [-0.15, -0.1) is 0 Å². The SMILES string of the molecule is CC(=O)NC1(c2ccc(CN3CCN(C(=O)OC(C)(C)C)C[C@H]3C)cc2)CC1.CC(=O)NC1(c2ccc(CN3CCNC[C@H]3C)cc2)CC1. The summed E-state index contributed by atoms with van der Waals surface area (Å²) in [5.74, 6) is 0.0875. The number of rotatable bonds is 8. The average Bonchev–Trinajstić information content (AvgIpc) is 3.97. The summed E-state index contributed by atoms with van der Waals surface area (Å²) < 4.78 is 5.50. The molecule has 6 rings (SSSR count). The number of hydrogen-bond acceptors (Lipinski definition) is 7. The van der Waals surface area contributed by atoms with Crippen LogP contribution in [0.25, 0.3) is 0 Å². The number of nitrogens with one attached hydrogen (secondary N) is 3. The molecule has 2 aromatic rings. The van der Waals surface area contributed by atoms with Crippen molar-refractivity contribution in [2.45, 2.75) is 116 Å². The summed E-state index contributed by atoms with van der Waals surface area (Å²) in [6.45, 7) is 20.6. The van der Waals surface area contributed by atoms with Crippen LogP contribution in [0.4, 0.5) is 4.79 Å². The van der Waals surface area contributed by atoms with Crippen LogP contribution >= 0.6 is 0 Å². The highest BCUT2D eigenvalue weighted by atomic mass is 16.6. The number of hydrogen-bond donors (Lipinski definition) is 3. The van der Waals surface area contributed by atoms with Crippen molar-refractivity contribution < 1.29 is 19.1 Å². The third-order valence-corrected chi connectivity index (χ3v) is 10.2. The maximum atomic E-state index is 12.3. The minimum Gasteiger partial charge on any atom is -0.444 e. The van der Waals surface area contributed by atoms with E-state index in [1.807, 2.05) is 20.8 Å². The van der Waals surface area contributed by atoms with E-state index >= 15 is 0 Å². The highest BCUT2D eigenvalue weighted by molar-refractivity contribution is 5.75.